The summed E-state index contributed by atoms with van der Waals surface area (Å²) < 4.78 is 39.8. The van der Waals surface area contributed by atoms with Crippen molar-refractivity contribution in [3.63, 3.8) is 0 Å². The summed E-state index contributed by atoms with van der Waals surface area (Å²) in [5.74, 6) is -1.18. The van der Waals surface area contributed by atoms with E-state index >= 15 is 0 Å². The third-order valence-corrected chi connectivity index (χ3v) is 8.62. The Morgan fingerprint density at radius 2 is 1.88 bits per heavy atom. The van der Waals surface area contributed by atoms with E-state index < -0.39 is 17.5 Å². The molecule has 0 bridgehead atoms. The fourth-order valence-corrected chi connectivity index (χ4v) is 6.65. The minimum atomic E-state index is -0.785. The highest BCUT2D eigenvalue weighted by Crippen LogP contribution is 2.46. The Morgan fingerprint density at radius 1 is 1.09 bits per heavy atom. The number of ether oxygens (including phenoxy) is 2. The molecule has 5 atom stereocenters. The molecule has 0 aliphatic heterocycles. The van der Waals surface area contributed by atoms with E-state index in [1.165, 1.54) is 38.5 Å². The monoisotopic (exact) mass is 594 g/mol. The van der Waals surface area contributed by atoms with Crippen LogP contribution in [0.15, 0.2) is 48.8 Å². The van der Waals surface area contributed by atoms with E-state index in [9.17, 15) is 18.4 Å². The molecule has 1 fully saturated rings. The molecule has 0 saturated heterocycles. The molecule has 1 aromatic carbocycles. The molecule has 4 rings (SSSR count). The van der Waals surface area contributed by atoms with Gasteiger partial charge in [0.1, 0.15) is 35.4 Å². The topological polar surface area (TPSA) is 116 Å². The maximum Gasteiger partial charge on any atom is 0.274 e. The summed E-state index contributed by atoms with van der Waals surface area (Å²) in [5.41, 5.74) is 7.67. The first-order valence-electron chi connectivity index (χ1n) is 14.7. The average molecular weight is 595 g/mol. The third-order valence-electron chi connectivity index (χ3n) is 8.62. The molecule has 3 aromatic rings. The molecule has 0 radical (unpaired) electrons. The van der Waals surface area contributed by atoms with Crippen molar-refractivity contribution in [1.29, 1.82) is 0 Å². The van der Waals surface area contributed by atoms with Crippen molar-refractivity contribution in [2.24, 2.45) is 23.5 Å². The summed E-state index contributed by atoms with van der Waals surface area (Å²) in [4.78, 5) is 34.2. The molecule has 1 saturated carbocycles. The van der Waals surface area contributed by atoms with E-state index in [0.29, 0.717) is 24.4 Å². The number of ketones is 1. The molecule has 2 aromatic heterocycles. The van der Waals surface area contributed by atoms with Crippen LogP contribution in [0.25, 0.3) is 11.3 Å². The Labute approximate surface area is 251 Å². The van der Waals surface area contributed by atoms with E-state index in [1.54, 1.807) is 12.4 Å². The first-order valence-corrected chi connectivity index (χ1v) is 14.7. The first-order chi connectivity index (χ1) is 20.7. The number of halogens is 2. The Bertz CT molecular complexity index is 1440. The number of hydrogen-bond donors (Lipinski definition) is 2. The van der Waals surface area contributed by atoms with Gasteiger partial charge in [0.15, 0.2) is 5.78 Å². The van der Waals surface area contributed by atoms with E-state index in [1.807, 2.05) is 6.07 Å². The number of Topliss-reactive ketones (excluding diaryl/α,β-unsaturated/α-hetero) is 1. The number of hydrogen-bond acceptors (Lipinski definition) is 7. The van der Waals surface area contributed by atoms with Gasteiger partial charge >= 0.3 is 0 Å². The number of rotatable bonds is 12. The summed E-state index contributed by atoms with van der Waals surface area (Å²) >= 11 is 0. The SMILES string of the molecule is CCC(CC(=O)COC)C1C(N)CC(c2ccncc2NC(=O)c2ccc(F)c(-c3c(F)cccc3OC)n2)CC1CC. The first kappa shape index (κ1) is 32.2. The van der Waals surface area contributed by atoms with Crippen LogP contribution < -0.4 is 15.8 Å². The predicted octanol–water partition coefficient (Wildman–Crippen LogP) is 6.16. The van der Waals surface area contributed by atoms with Gasteiger partial charge in [-0.15, -0.1) is 0 Å². The van der Waals surface area contributed by atoms with Crippen molar-refractivity contribution >= 4 is 17.4 Å². The quantitative estimate of drug-likeness (QED) is 0.258. The summed E-state index contributed by atoms with van der Waals surface area (Å²) in [5, 5.41) is 2.89. The van der Waals surface area contributed by atoms with Gasteiger partial charge in [0.2, 0.25) is 0 Å². The van der Waals surface area contributed by atoms with Crippen molar-refractivity contribution in [2.45, 2.75) is 57.9 Å². The summed E-state index contributed by atoms with van der Waals surface area (Å²) in [6, 6.07) is 8.21. The molecule has 2 heterocycles. The van der Waals surface area contributed by atoms with Crippen LogP contribution in [0.2, 0.25) is 0 Å². The van der Waals surface area contributed by atoms with Crippen LogP contribution in [-0.2, 0) is 9.53 Å². The zero-order valence-electron chi connectivity index (χ0n) is 25.1. The van der Waals surface area contributed by atoms with Gasteiger partial charge in [-0.05, 0) is 72.4 Å². The fraction of sp³-hybridized carbons (Fsp3) is 0.455. The second kappa shape index (κ2) is 14.6. The Hall–Kier alpha value is -3.76. The summed E-state index contributed by atoms with van der Waals surface area (Å²) in [7, 11) is 2.88. The molecule has 1 aliphatic rings. The molecule has 230 valence electrons. The number of methoxy groups -OCH3 is 2. The van der Waals surface area contributed by atoms with Crippen molar-refractivity contribution in [1.82, 2.24) is 9.97 Å². The van der Waals surface area contributed by atoms with Crippen molar-refractivity contribution in [3.8, 4) is 17.0 Å². The van der Waals surface area contributed by atoms with E-state index in [4.69, 9.17) is 15.2 Å². The van der Waals surface area contributed by atoms with E-state index in [-0.39, 0.29) is 58.9 Å². The van der Waals surface area contributed by atoms with Gasteiger partial charge in [0.25, 0.3) is 5.91 Å². The number of benzene rings is 1. The standard InChI is InChI=1S/C33H40F2N4O4/c1-5-19-14-21(16-26(36)30(19)20(6-2)15-22(40)18-42-3)23-12-13-37-17-28(23)39-33(41)27-11-10-25(35)32(38-27)31-24(34)8-7-9-29(31)43-4/h7-13,17,19-21,26,30H,5-6,14-16,18,36H2,1-4H3,(H,39,41). The molecular weight excluding hydrogens is 554 g/mol. The molecule has 5 unspecified atom stereocenters. The molecule has 1 amide bonds. The van der Waals surface area contributed by atoms with Gasteiger partial charge in [-0.2, -0.15) is 0 Å². The minimum absolute atomic E-state index is 0.0566. The summed E-state index contributed by atoms with van der Waals surface area (Å²) in [6.45, 7) is 4.36. The number of carbonyl (C=O) groups is 2. The number of carbonyl (C=O) groups excluding carboxylic acids is 2. The van der Waals surface area contributed by atoms with Crippen LogP contribution in [0, 0.1) is 29.4 Å². The lowest BCUT2D eigenvalue weighted by Crippen LogP contribution is -2.45. The normalized spacial score (nSPS) is 20.8. The van der Waals surface area contributed by atoms with Crippen LogP contribution in [-0.4, -0.2) is 48.5 Å². The number of nitrogens with one attached hydrogen (secondary N) is 1. The second-order valence-electron chi connectivity index (χ2n) is 11.2. The Balaban J connectivity index is 1.57. The largest absolute Gasteiger partial charge is 0.496 e. The van der Waals surface area contributed by atoms with Crippen molar-refractivity contribution < 1.29 is 27.8 Å². The number of nitrogens with zero attached hydrogens (tertiary/aromatic N) is 2. The van der Waals surface area contributed by atoms with Gasteiger partial charge in [-0.3, -0.25) is 14.6 Å². The number of pyridine rings is 2. The minimum Gasteiger partial charge on any atom is -0.496 e. The van der Waals surface area contributed by atoms with Crippen molar-refractivity contribution in [2.75, 3.05) is 26.1 Å². The second-order valence-corrected chi connectivity index (χ2v) is 11.2. The van der Waals surface area contributed by atoms with Gasteiger partial charge in [0.05, 0.1) is 24.6 Å². The lowest BCUT2D eigenvalue weighted by molar-refractivity contribution is -0.124. The highest BCUT2D eigenvalue weighted by atomic mass is 19.1. The summed E-state index contributed by atoms with van der Waals surface area (Å²) in [6.07, 6.45) is 7.02. The molecule has 8 nitrogen and oxygen atoms in total. The zero-order valence-corrected chi connectivity index (χ0v) is 25.1. The van der Waals surface area contributed by atoms with E-state index in [0.717, 1.165) is 30.9 Å². The number of amides is 1. The third kappa shape index (κ3) is 7.25. The van der Waals surface area contributed by atoms with E-state index in [2.05, 4.69) is 29.1 Å². The lowest BCUT2D eigenvalue weighted by Gasteiger charge is -2.44. The van der Waals surface area contributed by atoms with Crippen LogP contribution in [0.5, 0.6) is 5.75 Å². The number of anilines is 1. The molecule has 43 heavy (non-hydrogen) atoms. The fourth-order valence-electron chi connectivity index (χ4n) is 6.65. The smallest absolute Gasteiger partial charge is 0.274 e. The van der Waals surface area contributed by atoms with Gasteiger partial charge in [-0.1, -0.05) is 32.8 Å². The molecule has 3 N–H and O–H groups in total. The molecule has 1 aliphatic carbocycles. The maximum atomic E-state index is 14.8. The molecular formula is C33H40F2N4O4. The Morgan fingerprint density at radius 3 is 2.58 bits per heavy atom. The zero-order chi connectivity index (χ0) is 31.1. The van der Waals surface area contributed by atoms with Gasteiger partial charge < -0.3 is 20.5 Å². The van der Waals surface area contributed by atoms with Gasteiger partial charge in [-0.25, -0.2) is 13.8 Å². The van der Waals surface area contributed by atoms with Crippen LogP contribution >= 0.6 is 0 Å². The van der Waals surface area contributed by atoms with Crippen LogP contribution in [0.1, 0.15) is 67.9 Å². The lowest BCUT2D eigenvalue weighted by atomic mass is 9.63. The highest BCUT2D eigenvalue weighted by Gasteiger charge is 2.40. The van der Waals surface area contributed by atoms with Crippen molar-refractivity contribution in [3.05, 3.63) is 71.7 Å². The molecule has 10 heteroatoms. The number of aromatic nitrogens is 2. The Kier molecular flexibility index (Phi) is 10.9. The highest BCUT2D eigenvalue weighted by molar-refractivity contribution is 6.03. The number of nitrogens with two attached hydrogens (primary N) is 1. The van der Waals surface area contributed by atoms with Crippen LogP contribution in [0.3, 0.4) is 0 Å². The van der Waals surface area contributed by atoms with Crippen LogP contribution in [0.4, 0.5) is 14.5 Å². The predicted molar refractivity (Wildman–Crippen MR) is 161 cm³/mol. The molecule has 0 spiro atoms. The average Bonchev–Trinajstić information content (AvgIpc) is 3.00. The maximum absolute atomic E-state index is 14.8. The van der Waals surface area contributed by atoms with Gasteiger partial charge in [0, 0.05) is 25.8 Å².